The van der Waals surface area contributed by atoms with Crippen molar-refractivity contribution >= 4 is 21.6 Å². The van der Waals surface area contributed by atoms with Crippen LogP contribution in [-0.2, 0) is 9.84 Å². The molecule has 106 valence electrons. The summed E-state index contributed by atoms with van der Waals surface area (Å²) in [5.41, 5.74) is 1.24. The average Bonchev–Trinajstić information content (AvgIpc) is 2.60. The number of nitrogens with one attached hydrogen (secondary N) is 1. The SMILES string of the molecule is Cc1ccc(SCCNC2CS(=O)(=O)CC2O)cc1. The highest BCUT2D eigenvalue weighted by molar-refractivity contribution is 7.99. The van der Waals surface area contributed by atoms with Gasteiger partial charge in [0.15, 0.2) is 9.84 Å². The lowest BCUT2D eigenvalue weighted by molar-refractivity contribution is 0.167. The number of rotatable bonds is 5. The molecule has 1 aromatic carbocycles. The van der Waals surface area contributed by atoms with E-state index < -0.39 is 15.9 Å². The van der Waals surface area contributed by atoms with Crippen molar-refractivity contribution in [2.75, 3.05) is 23.8 Å². The molecule has 1 aromatic rings. The van der Waals surface area contributed by atoms with Gasteiger partial charge in [-0.2, -0.15) is 0 Å². The highest BCUT2D eigenvalue weighted by Gasteiger charge is 2.35. The highest BCUT2D eigenvalue weighted by atomic mass is 32.2. The first kappa shape index (κ1) is 14.8. The second-order valence-electron chi connectivity index (χ2n) is 4.87. The van der Waals surface area contributed by atoms with Crippen LogP contribution in [0.4, 0.5) is 0 Å². The summed E-state index contributed by atoms with van der Waals surface area (Å²) in [6.45, 7) is 2.74. The Hall–Kier alpha value is -0.560. The van der Waals surface area contributed by atoms with Crippen molar-refractivity contribution in [3.63, 3.8) is 0 Å². The molecule has 1 fully saturated rings. The zero-order valence-corrected chi connectivity index (χ0v) is 12.5. The molecular weight excluding hydrogens is 282 g/mol. The van der Waals surface area contributed by atoms with E-state index in [4.69, 9.17) is 0 Å². The number of aryl methyl sites for hydroxylation is 1. The lowest BCUT2D eigenvalue weighted by Crippen LogP contribution is -2.39. The zero-order valence-electron chi connectivity index (χ0n) is 10.9. The molecule has 0 radical (unpaired) electrons. The molecule has 0 spiro atoms. The summed E-state index contributed by atoms with van der Waals surface area (Å²) in [6.07, 6.45) is -0.769. The summed E-state index contributed by atoms with van der Waals surface area (Å²) in [7, 11) is -3.06. The molecular formula is C13H19NO3S2. The molecule has 0 amide bonds. The molecule has 2 unspecified atom stereocenters. The second kappa shape index (κ2) is 6.26. The molecule has 4 nitrogen and oxygen atoms in total. The minimum atomic E-state index is -3.06. The fraction of sp³-hybridized carbons (Fsp3) is 0.538. The Morgan fingerprint density at radius 2 is 2.00 bits per heavy atom. The third-order valence-electron chi connectivity index (χ3n) is 3.12. The normalized spacial score (nSPS) is 25.6. The lowest BCUT2D eigenvalue weighted by atomic mass is 10.2. The van der Waals surface area contributed by atoms with Crippen LogP contribution in [0.3, 0.4) is 0 Å². The fourth-order valence-corrected chi connectivity index (χ4v) is 4.63. The first-order chi connectivity index (χ1) is 8.96. The van der Waals surface area contributed by atoms with Crippen molar-refractivity contribution in [2.45, 2.75) is 24.0 Å². The number of benzene rings is 1. The van der Waals surface area contributed by atoms with Gasteiger partial charge in [0, 0.05) is 23.2 Å². The number of aliphatic hydroxyl groups excluding tert-OH is 1. The van der Waals surface area contributed by atoms with E-state index in [2.05, 4.69) is 36.5 Å². The summed E-state index contributed by atoms with van der Waals surface area (Å²) in [5, 5.41) is 12.7. The molecule has 0 aromatic heterocycles. The van der Waals surface area contributed by atoms with Crippen LogP contribution in [0.1, 0.15) is 5.56 Å². The summed E-state index contributed by atoms with van der Waals surface area (Å²) < 4.78 is 22.7. The van der Waals surface area contributed by atoms with E-state index in [9.17, 15) is 13.5 Å². The monoisotopic (exact) mass is 301 g/mol. The third kappa shape index (κ3) is 4.49. The van der Waals surface area contributed by atoms with Gasteiger partial charge in [-0.3, -0.25) is 0 Å². The second-order valence-corrected chi connectivity index (χ2v) is 8.19. The molecule has 2 rings (SSSR count). The van der Waals surface area contributed by atoms with E-state index >= 15 is 0 Å². The van der Waals surface area contributed by atoms with Gasteiger partial charge in [0.1, 0.15) is 0 Å². The van der Waals surface area contributed by atoms with Gasteiger partial charge in [0.2, 0.25) is 0 Å². The van der Waals surface area contributed by atoms with E-state index in [1.165, 1.54) is 10.5 Å². The number of sulfone groups is 1. The van der Waals surface area contributed by atoms with Crippen LogP contribution in [-0.4, -0.2) is 49.5 Å². The minimum Gasteiger partial charge on any atom is -0.390 e. The molecule has 0 aliphatic carbocycles. The van der Waals surface area contributed by atoms with Crippen molar-refractivity contribution in [1.29, 1.82) is 0 Å². The van der Waals surface area contributed by atoms with Gasteiger partial charge < -0.3 is 10.4 Å². The summed E-state index contributed by atoms with van der Waals surface area (Å²) >= 11 is 1.72. The quantitative estimate of drug-likeness (QED) is 0.623. The zero-order chi connectivity index (χ0) is 13.9. The van der Waals surface area contributed by atoms with Gasteiger partial charge in [0.25, 0.3) is 0 Å². The molecule has 2 atom stereocenters. The van der Waals surface area contributed by atoms with Crippen LogP contribution < -0.4 is 5.32 Å². The fourth-order valence-electron chi connectivity index (χ4n) is 2.07. The molecule has 1 saturated heterocycles. The largest absolute Gasteiger partial charge is 0.390 e. The molecule has 1 aliphatic heterocycles. The van der Waals surface area contributed by atoms with Crippen molar-refractivity contribution in [2.24, 2.45) is 0 Å². The van der Waals surface area contributed by atoms with Crippen LogP contribution in [0, 0.1) is 6.92 Å². The maximum atomic E-state index is 11.3. The van der Waals surface area contributed by atoms with Gasteiger partial charge in [-0.05, 0) is 19.1 Å². The molecule has 6 heteroatoms. The van der Waals surface area contributed by atoms with Crippen LogP contribution in [0.5, 0.6) is 0 Å². The standard InChI is InChI=1S/C13H19NO3S2/c1-10-2-4-11(5-3-10)18-7-6-14-12-8-19(16,17)9-13(12)15/h2-5,12-15H,6-9H2,1H3. The molecule has 0 saturated carbocycles. The van der Waals surface area contributed by atoms with Gasteiger partial charge in [-0.15, -0.1) is 11.8 Å². The maximum absolute atomic E-state index is 11.3. The Morgan fingerprint density at radius 3 is 2.58 bits per heavy atom. The van der Waals surface area contributed by atoms with Gasteiger partial charge in [-0.25, -0.2) is 8.42 Å². The average molecular weight is 301 g/mol. The molecule has 1 heterocycles. The Labute approximate surface area is 118 Å². The Morgan fingerprint density at radius 1 is 1.32 bits per heavy atom. The Bertz CT molecular complexity index is 513. The van der Waals surface area contributed by atoms with E-state index in [0.717, 1.165) is 5.75 Å². The topological polar surface area (TPSA) is 66.4 Å². The number of hydrogen-bond donors (Lipinski definition) is 2. The van der Waals surface area contributed by atoms with Crippen LogP contribution in [0.15, 0.2) is 29.2 Å². The Kier molecular flexibility index (Phi) is 4.89. The molecule has 19 heavy (non-hydrogen) atoms. The lowest BCUT2D eigenvalue weighted by Gasteiger charge is -2.14. The first-order valence-electron chi connectivity index (χ1n) is 6.28. The maximum Gasteiger partial charge on any atom is 0.154 e. The third-order valence-corrected chi connectivity index (χ3v) is 5.85. The number of aliphatic hydroxyl groups is 1. The van der Waals surface area contributed by atoms with Crippen LogP contribution in [0.25, 0.3) is 0 Å². The Balaban J connectivity index is 1.71. The van der Waals surface area contributed by atoms with Crippen LogP contribution in [0.2, 0.25) is 0 Å². The molecule has 1 aliphatic rings. The van der Waals surface area contributed by atoms with Crippen molar-refractivity contribution in [3.8, 4) is 0 Å². The summed E-state index contributed by atoms with van der Waals surface area (Å²) in [5.74, 6) is 0.783. The van der Waals surface area contributed by atoms with Crippen molar-refractivity contribution < 1.29 is 13.5 Å². The summed E-state index contributed by atoms with van der Waals surface area (Å²) in [6, 6.07) is 7.99. The van der Waals surface area contributed by atoms with Crippen molar-refractivity contribution in [3.05, 3.63) is 29.8 Å². The van der Waals surface area contributed by atoms with Gasteiger partial charge in [0.05, 0.1) is 17.6 Å². The predicted octanol–water partition coefficient (Wildman–Crippen LogP) is 0.835. The molecule has 0 bridgehead atoms. The molecule has 2 N–H and O–H groups in total. The summed E-state index contributed by atoms with van der Waals surface area (Å²) in [4.78, 5) is 1.20. The van der Waals surface area contributed by atoms with Gasteiger partial charge in [-0.1, -0.05) is 17.7 Å². The number of hydrogen-bond acceptors (Lipinski definition) is 5. The smallest absolute Gasteiger partial charge is 0.154 e. The predicted molar refractivity (Wildman–Crippen MR) is 78.4 cm³/mol. The highest BCUT2D eigenvalue weighted by Crippen LogP contribution is 2.18. The van der Waals surface area contributed by atoms with Crippen molar-refractivity contribution in [1.82, 2.24) is 5.32 Å². The minimum absolute atomic E-state index is 0.0450. The van der Waals surface area contributed by atoms with E-state index in [1.807, 2.05) is 0 Å². The van der Waals surface area contributed by atoms with Crippen LogP contribution >= 0.6 is 11.8 Å². The number of thioether (sulfide) groups is 1. The van der Waals surface area contributed by atoms with E-state index in [0.29, 0.717) is 6.54 Å². The van der Waals surface area contributed by atoms with E-state index in [-0.39, 0.29) is 17.5 Å². The first-order valence-corrected chi connectivity index (χ1v) is 9.08. The van der Waals surface area contributed by atoms with Gasteiger partial charge >= 0.3 is 0 Å². The van der Waals surface area contributed by atoms with E-state index in [1.54, 1.807) is 11.8 Å².